The molecule has 2 amide bonds. The third-order valence-electron chi connectivity index (χ3n) is 7.72. The van der Waals surface area contributed by atoms with Crippen LogP contribution < -0.4 is 0 Å². The average Bonchev–Trinajstić information content (AvgIpc) is 3.53. The van der Waals surface area contributed by atoms with Gasteiger partial charge in [-0.1, -0.05) is 62.4 Å². The molecule has 8 nitrogen and oxygen atoms in total. The fourth-order valence-electron chi connectivity index (χ4n) is 6.21. The molecule has 1 aromatic carbocycles. The van der Waals surface area contributed by atoms with Crippen molar-refractivity contribution in [2.24, 2.45) is 11.8 Å². The zero-order valence-corrected chi connectivity index (χ0v) is 20.9. The van der Waals surface area contributed by atoms with E-state index in [9.17, 15) is 19.5 Å². The number of aliphatic hydroxyl groups is 1. The molecule has 4 rings (SSSR count). The number of rotatable bonds is 12. The molecule has 8 heteroatoms. The molecule has 1 spiro atoms. The Balaban J connectivity index is 1.80. The van der Waals surface area contributed by atoms with Gasteiger partial charge in [0.15, 0.2) is 0 Å². The first-order chi connectivity index (χ1) is 17.4. The Morgan fingerprint density at radius 3 is 2.69 bits per heavy atom. The monoisotopic (exact) mass is 496 g/mol. The minimum Gasteiger partial charge on any atom is -0.461 e. The van der Waals surface area contributed by atoms with Gasteiger partial charge in [0.25, 0.3) is 0 Å². The van der Waals surface area contributed by atoms with Crippen LogP contribution in [0.1, 0.15) is 44.2 Å². The molecule has 2 bridgehead atoms. The van der Waals surface area contributed by atoms with E-state index in [1.54, 1.807) is 11.0 Å². The predicted octanol–water partition coefficient (Wildman–Crippen LogP) is 2.64. The molecule has 6 atom stereocenters. The molecule has 1 N–H and O–H groups in total. The summed E-state index contributed by atoms with van der Waals surface area (Å²) in [5, 5.41) is 10.5. The number of unbranched alkanes of at least 4 members (excludes halogenated alkanes) is 1. The van der Waals surface area contributed by atoms with Crippen molar-refractivity contribution in [2.75, 3.05) is 26.3 Å². The molecule has 3 aliphatic rings. The van der Waals surface area contributed by atoms with E-state index < -0.39 is 41.6 Å². The van der Waals surface area contributed by atoms with Gasteiger partial charge in [-0.15, -0.1) is 6.58 Å². The van der Waals surface area contributed by atoms with Gasteiger partial charge in [-0.3, -0.25) is 14.4 Å². The van der Waals surface area contributed by atoms with Gasteiger partial charge < -0.3 is 24.4 Å². The van der Waals surface area contributed by atoms with E-state index in [1.807, 2.05) is 30.3 Å². The van der Waals surface area contributed by atoms with Gasteiger partial charge >= 0.3 is 5.97 Å². The van der Waals surface area contributed by atoms with Crippen LogP contribution in [-0.4, -0.2) is 76.7 Å². The Labute approximate surface area is 212 Å². The Morgan fingerprint density at radius 1 is 1.31 bits per heavy atom. The minimum absolute atomic E-state index is 0.0372. The predicted molar refractivity (Wildman–Crippen MR) is 134 cm³/mol. The lowest BCUT2D eigenvalue weighted by Crippen LogP contribution is -2.57. The number of amides is 2. The van der Waals surface area contributed by atoms with Gasteiger partial charge in [-0.2, -0.15) is 0 Å². The van der Waals surface area contributed by atoms with Gasteiger partial charge in [0.1, 0.15) is 18.2 Å². The zero-order valence-electron chi connectivity index (χ0n) is 20.9. The van der Waals surface area contributed by atoms with Gasteiger partial charge in [0, 0.05) is 13.1 Å². The highest BCUT2D eigenvalue weighted by Crippen LogP contribution is 2.60. The number of carbonyl (C=O) groups excluding carboxylic acids is 3. The number of carbonyl (C=O) groups is 3. The zero-order chi connectivity index (χ0) is 25.9. The highest BCUT2D eigenvalue weighted by atomic mass is 16.6. The van der Waals surface area contributed by atoms with E-state index in [2.05, 4.69) is 20.1 Å². The molecule has 0 aliphatic carbocycles. The highest BCUT2D eigenvalue weighted by molar-refractivity contribution is 5.98. The Hall–Kier alpha value is -2.97. The first kappa shape index (κ1) is 26.1. The van der Waals surface area contributed by atoms with Crippen LogP contribution in [0, 0.1) is 11.8 Å². The van der Waals surface area contributed by atoms with Crippen LogP contribution in [0.5, 0.6) is 0 Å². The second-order valence-electron chi connectivity index (χ2n) is 9.76. The van der Waals surface area contributed by atoms with Crippen molar-refractivity contribution in [1.82, 2.24) is 9.80 Å². The van der Waals surface area contributed by atoms with E-state index in [0.717, 1.165) is 12.8 Å². The maximum atomic E-state index is 14.2. The van der Waals surface area contributed by atoms with E-state index in [4.69, 9.17) is 9.47 Å². The fraction of sp³-hybridized carbons (Fsp3) is 0.536. The second kappa shape index (κ2) is 11.0. The SMILES string of the molecule is C=CCOC(=O)[C@@H]1[C@H]2C(=O)N([C@H](CO)c3ccccc3)C(C(=O)N(CC=C)CCCC)C23CC[C@H]1O3. The molecule has 3 fully saturated rings. The van der Waals surface area contributed by atoms with Crippen molar-refractivity contribution in [1.29, 1.82) is 0 Å². The number of esters is 1. The molecular formula is C28H36N2O6. The van der Waals surface area contributed by atoms with Gasteiger partial charge in [0.2, 0.25) is 11.8 Å². The van der Waals surface area contributed by atoms with Crippen LogP contribution in [0.25, 0.3) is 0 Å². The normalized spacial score (nSPS) is 29.1. The summed E-state index contributed by atoms with van der Waals surface area (Å²) in [6.45, 7) is 9.98. The van der Waals surface area contributed by atoms with Crippen LogP contribution in [0.15, 0.2) is 55.6 Å². The van der Waals surface area contributed by atoms with Crippen molar-refractivity contribution in [3.63, 3.8) is 0 Å². The van der Waals surface area contributed by atoms with Crippen molar-refractivity contribution >= 4 is 17.8 Å². The van der Waals surface area contributed by atoms with Gasteiger partial charge in [-0.25, -0.2) is 0 Å². The van der Waals surface area contributed by atoms with Gasteiger partial charge in [0.05, 0.1) is 30.6 Å². The second-order valence-corrected chi connectivity index (χ2v) is 9.76. The number of hydrogen-bond acceptors (Lipinski definition) is 6. The van der Waals surface area contributed by atoms with E-state index in [0.29, 0.717) is 31.5 Å². The summed E-state index contributed by atoms with van der Waals surface area (Å²) in [7, 11) is 0. The number of benzene rings is 1. The number of hydrogen-bond donors (Lipinski definition) is 1. The minimum atomic E-state index is -1.15. The molecule has 3 heterocycles. The molecule has 36 heavy (non-hydrogen) atoms. The lowest BCUT2D eigenvalue weighted by Gasteiger charge is -2.39. The summed E-state index contributed by atoms with van der Waals surface area (Å²) in [4.78, 5) is 44.6. The molecule has 194 valence electrons. The van der Waals surface area contributed by atoms with Crippen LogP contribution in [-0.2, 0) is 23.9 Å². The summed E-state index contributed by atoms with van der Waals surface area (Å²) in [6, 6.07) is 7.45. The molecular weight excluding hydrogens is 460 g/mol. The third kappa shape index (κ3) is 4.26. The number of nitrogens with zero attached hydrogens (tertiary/aromatic N) is 2. The highest BCUT2D eigenvalue weighted by Gasteiger charge is 2.75. The summed E-state index contributed by atoms with van der Waals surface area (Å²) in [5.74, 6) is -2.76. The molecule has 0 aromatic heterocycles. The molecule has 0 radical (unpaired) electrons. The Morgan fingerprint density at radius 2 is 2.06 bits per heavy atom. The first-order valence-corrected chi connectivity index (χ1v) is 12.8. The summed E-state index contributed by atoms with van der Waals surface area (Å²) in [6.07, 6.45) is 5.42. The number of ether oxygens (including phenoxy) is 2. The topological polar surface area (TPSA) is 96.4 Å². The third-order valence-corrected chi connectivity index (χ3v) is 7.72. The maximum Gasteiger partial charge on any atom is 0.312 e. The summed E-state index contributed by atoms with van der Waals surface area (Å²) >= 11 is 0. The molecule has 3 aliphatic heterocycles. The van der Waals surface area contributed by atoms with Crippen LogP contribution in [0.3, 0.4) is 0 Å². The van der Waals surface area contributed by atoms with Crippen molar-refractivity contribution in [2.45, 2.75) is 56.4 Å². The van der Waals surface area contributed by atoms with Crippen molar-refractivity contribution < 1.29 is 29.0 Å². The number of aliphatic hydroxyl groups excluding tert-OH is 1. The smallest absolute Gasteiger partial charge is 0.312 e. The molecule has 2 unspecified atom stereocenters. The number of fused-ring (bicyclic) bond motifs is 1. The lowest BCUT2D eigenvalue weighted by atomic mass is 9.70. The molecule has 0 saturated carbocycles. The van der Waals surface area contributed by atoms with Crippen molar-refractivity contribution in [3.8, 4) is 0 Å². The van der Waals surface area contributed by atoms with Crippen LogP contribution >= 0.6 is 0 Å². The maximum absolute atomic E-state index is 14.2. The molecule has 3 saturated heterocycles. The summed E-state index contributed by atoms with van der Waals surface area (Å²) < 4.78 is 11.8. The lowest BCUT2D eigenvalue weighted by molar-refractivity contribution is -0.156. The Bertz CT molecular complexity index is 997. The fourth-order valence-corrected chi connectivity index (χ4v) is 6.21. The van der Waals surface area contributed by atoms with Crippen LogP contribution in [0.4, 0.5) is 0 Å². The largest absolute Gasteiger partial charge is 0.461 e. The first-order valence-electron chi connectivity index (χ1n) is 12.8. The average molecular weight is 497 g/mol. The quantitative estimate of drug-likeness (QED) is 0.353. The Kier molecular flexibility index (Phi) is 7.95. The van der Waals surface area contributed by atoms with Gasteiger partial charge in [-0.05, 0) is 24.8 Å². The standard InChI is InChI=1S/C28H36N2O6/c1-4-7-16-29(15-5-2)26(33)24-28-14-13-21(36-28)22(27(34)35-17-6-3)23(28)25(32)30(24)20(18-31)19-11-9-8-10-12-19/h5-6,8-12,20-24,31H,2-4,7,13-18H2,1H3/t20-,21-,22+,23+,24?,28?/m1/s1. The number of likely N-dealkylation sites (tertiary alicyclic amines) is 1. The van der Waals surface area contributed by atoms with Crippen LogP contribution in [0.2, 0.25) is 0 Å². The van der Waals surface area contributed by atoms with Crippen molar-refractivity contribution in [3.05, 3.63) is 61.2 Å². The molecule has 1 aromatic rings. The van der Waals surface area contributed by atoms with E-state index in [1.165, 1.54) is 11.0 Å². The van der Waals surface area contributed by atoms with E-state index >= 15 is 0 Å². The van der Waals surface area contributed by atoms with E-state index in [-0.39, 0.29) is 25.0 Å². The summed E-state index contributed by atoms with van der Waals surface area (Å²) in [5.41, 5.74) is -0.434.